The largest absolute Gasteiger partial charge is 0.484 e. The number of benzene rings is 1. The van der Waals surface area contributed by atoms with Crippen molar-refractivity contribution in [3.05, 3.63) is 46.7 Å². The Hall–Kier alpha value is -1.52. The van der Waals surface area contributed by atoms with Crippen molar-refractivity contribution in [2.24, 2.45) is 12.8 Å². The fraction of sp³-hybridized carbons (Fsp3) is 0.357. The van der Waals surface area contributed by atoms with Crippen LogP contribution in [0.5, 0.6) is 5.75 Å². The molecule has 0 radical (unpaired) electrons. The van der Waals surface area contributed by atoms with Crippen molar-refractivity contribution in [1.82, 2.24) is 9.78 Å². The van der Waals surface area contributed by atoms with Crippen LogP contribution >= 0.6 is 11.6 Å². The number of rotatable bonds is 5. The first kappa shape index (κ1) is 13.9. The van der Waals surface area contributed by atoms with Crippen molar-refractivity contribution in [1.29, 1.82) is 0 Å². The fourth-order valence-corrected chi connectivity index (χ4v) is 2.17. The van der Waals surface area contributed by atoms with Crippen LogP contribution in [0.15, 0.2) is 30.6 Å². The number of nitrogens with two attached hydrogens (primary N) is 1. The average Bonchev–Trinajstić information content (AvgIpc) is 2.84. The van der Waals surface area contributed by atoms with E-state index in [1.807, 2.05) is 31.4 Å². The maximum Gasteiger partial charge on any atom is 0.139 e. The highest BCUT2D eigenvalue weighted by Crippen LogP contribution is 2.26. The zero-order chi connectivity index (χ0) is 13.8. The topological polar surface area (TPSA) is 53.1 Å². The predicted octanol–water partition coefficient (Wildman–Crippen LogP) is 2.71. The molecule has 1 heterocycles. The third-order valence-corrected chi connectivity index (χ3v) is 3.36. The number of aromatic nitrogens is 2. The summed E-state index contributed by atoms with van der Waals surface area (Å²) in [6, 6.07) is 5.68. The molecular formula is C14H18ClN3O. The summed E-state index contributed by atoms with van der Waals surface area (Å²) in [6.07, 6.45) is 4.36. The maximum atomic E-state index is 6.09. The van der Waals surface area contributed by atoms with Gasteiger partial charge in [0.15, 0.2) is 0 Å². The molecule has 0 aliphatic heterocycles. The Kier molecular flexibility index (Phi) is 4.45. The van der Waals surface area contributed by atoms with Crippen molar-refractivity contribution < 1.29 is 4.74 Å². The van der Waals surface area contributed by atoms with Gasteiger partial charge in [0.2, 0.25) is 0 Å². The van der Waals surface area contributed by atoms with Gasteiger partial charge < -0.3 is 10.5 Å². The molecule has 1 atom stereocenters. The third kappa shape index (κ3) is 3.28. The molecule has 1 aromatic carbocycles. The molecule has 0 spiro atoms. The Morgan fingerprint density at radius 2 is 2.26 bits per heavy atom. The minimum atomic E-state index is -0.195. The van der Waals surface area contributed by atoms with E-state index >= 15 is 0 Å². The Bertz CT molecular complexity index is 553. The van der Waals surface area contributed by atoms with Gasteiger partial charge in [-0.1, -0.05) is 18.5 Å². The van der Waals surface area contributed by atoms with Crippen LogP contribution in [0.4, 0.5) is 0 Å². The number of halogens is 1. The highest BCUT2D eigenvalue weighted by molar-refractivity contribution is 6.31. The molecular weight excluding hydrogens is 262 g/mol. The molecule has 0 saturated carbocycles. The van der Waals surface area contributed by atoms with Crippen LogP contribution in [0.25, 0.3) is 0 Å². The smallest absolute Gasteiger partial charge is 0.139 e. The third-order valence-electron chi connectivity index (χ3n) is 2.99. The van der Waals surface area contributed by atoms with Crippen molar-refractivity contribution in [2.75, 3.05) is 6.54 Å². The first-order chi connectivity index (χ1) is 9.13. The minimum absolute atomic E-state index is 0.195. The van der Waals surface area contributed by atoms with Crippen LogP contribution in [-0.2, 0) is 13.5 Å². The summed E-state index contributed by atoms with van der Waals surface area (Å²) < 4.78 is 7.66. The lowest BCUT2D eigenvalue weighted by Crippen LogP contribution is -2.18. The summed E-state index contributed by atoms with van der Waals surface area (Å²) in [6.45, 7) is 2.46. The van der Waals surface area contributed by atoms with E-state index in [9.17, 15) is 0 Å². The average molecular weight is 280 g/mol. The molecule has 19 heavy (non-hydrogen) atoms. The van der Waals surface area contributed by atoms with Crippen LogP contribution in [0.2, 0.25) is 5.02 Å². The second-order valence-electron chi connectivity index (χ2n) is 4.40. The molecule has 1 aromatic heterocycles. The predicted molar refractivity (Wildman–Crippen MR) is 76.5 cm³/mol. The highest BCUT2D eigenvalue weighted by Gasteiger charge is 2.14. The van der Waals surface area contributed by atoms with Gasteiger partial charge in [0, 0.05) is 30.4 Å². The second-order valence-corrected chi connectivity index (χ2v) is 4.80. The summed E-state index contributed by atoms with van der Waals surface area (Å²) in [5.41, 5.74) is 7.82. The Labute approximate surface area is 118 Å². The van der Waals surface area contributed by atoms with Crippen molar-refractivity contribution in [3.63, 3.8) is 0 Å². The minimum Gasteiger partial charge on any atom is -0.484 e. The maximum absolute atomic E-state index is 6.09. The van der Waals surface area contributed by atoms with E-state index in [0.29, 0.717) is 6.54 Å². The van der Waals surface area contributed by atoms with Gasteiger partial charge in [-0.15, -0.1) is 0 Å². The van der Waals surface area contributed by atoms with Crippen molar-refractivity contribution in [2.45, 2.75) is 19.4 Å². The number of ether oxygens (including phenoxy) is 1. The number of aryl methyl sites for hydroxylation is 2. The van der Waals surface area contributed by atoms with Gasteiger partial charge >= 0.3 is 0 Å². The molecule has 2 N–H and O–H groups in total. The summed E-state index contributed by atoms with van der Waals surface area (Å²) in [5, 5.41) is 4.90. The lowest BCUT2D eigenvalue weighted by atomic mass is 10.1. The lowest BCUT2D eigenvalue weighted by molar-refractivity contribution is 0.214. The molecule has 1 unspecified atom stereocenters. The van der Waals surface area contributed by atoms with Crippen LogP contribution in [0.3, 0.4) is 0 Å². The monoisotopic (exact) mass is 279 g/mol. The number of nitrogens with zero attached hydrogens (tertiary/aromatic N) is 2. The molecule has 102 valence electrons. The zero-order valence-corrected chi connectivity index (χ0v) is 11.9. The Balaban J connectivity index is 2.18. The molecule has 0 saturated heterocycles. The van der Waals surface area contributed by atoms with Crippen LogP contribution in [0.1, 0.15) is 24.2 Å². The van der Waals surface area contributed by atoms with E-state index in [0.717, 1.165) is 28.3 Å². The molecule has 2 aromatic rings. The van der Waals surface area contributed by atoms with E-state index in [-0.39, 0.29) is 6.10 Å². The van der Waals surface area contributed by atoms with Gasteiger partial charge in [-0.3, -0.25) is 4.68 Å². The number of hydrogen-bond acceptors (Lipinski definition) is 3. The van der Waals surface area contributed by atoms with E-state index in [1.54, 1.807) is 10.9 Å². The van der Waals surface area contributed by atoms with E-state index in [1.165, 1.54) is 0 Å². The highest BCUT2D eigenvalue weighted by atomic mass is 35.5. The first-order valence-corrected chi connectivity index (χ1v) is 6.65. The summed E-state index contributed by atoms with van der Waals surface area (Å²) in [5.74, 6) is 0.778. The SMILES string of the molecule is CCc1cc(OC(CN)c2cnn(C)c2)ccc1Cl. The van der Waals surface area contributed by atoms with E-state index in [2.05, 4.69) is 12.0 Å². The van der Waals surface area contributed by atoms with Gasteiger partial charge in [0.25, 0.3) is 0 Å². The summed E-state index contributed by atoms with van der Waals surface area (Å²) >= 11 is 6.09. The van der Waals surface area contributed by atoms with Gasteiger partial charge in [-0.2, -0.15) is 5.10 Å². The van der Waals surface area contributed by atoms with E-state index in [4.69, 9.17) is 22.1 Å². The Morgan fingerprint density at radius 3 is 2.84 bits per heavy atom. The molecule has 0 aliphatic carbocycles. The van der Waals surface area contributed by atoms with E-state index < -0.39 is 0 Å². The number of hydrogen-bond donors (Lipinski definition) is 1. The molecule has 0 amide bonds. The standard InChI is InChI=1S/C14H18ClN3O/c1-3-10-6-12(4-5-13(10)15)19-14(7-16)11-8-17-18(2)9-11/h4-6,8-9,14H,3,7,16H2,1-2H3. The van der Waals surface area contributed by atoms with Crippen LogP contribution in [-0.4, -0.2) is 16.3 Å². The molecule has 4 nitrogen and oxygen atoms in total. The molecule has 5 heteroatoms. The van der Waals surface area contributed by atoms with Crippen LogP contribution < -0.4 is 10.5 Å². The quantitative estimate of drug-likeness (QED) is 0.916. The second kappa shape index (κ2) is 6.08. The van der Waals surface area contributed by atoms with Gasteiger partial charge in [0.05, 0.1) is 6.20 Å². The summed E-state index contributed by atoms with van der Waals surface area (Å²) in [4.78, 5) is 0. The van der Waals surface area contributed by atoms with Gasteiger partial charge in [-0.05, 0) is 30.2 Å². The Morgan fingerprint density at radius 1 is 1.47 bits per heavy atom. The van der Waals surface area contributed by atoms with Crippen molar-refractivity contribution in [3.8, 4) is 5.75 Å². The molecule has 0 aliphatic rings. The fourth-order valence-electron chi connectivity index (χ4n) is 1.92. The first-order valence-electron chi connectivity index (χ1n) is 6.27. The zero-order valence-electron chi connectivity index (χ0n) is 11.1. The van der Waals surface area contributed by atoms with Crippen LogP contribution in [0, 0.1) is 0 Å². The normalized spacial score (nSPS) is 12.4. The molecule has 2 rings (SSSR count). The van der Waals surface area contributed by atoms with Gasteiger partial charge in [0.1, 0.15) is 11.9 Å². The molecule has 0 fully saturated rings. The summed E-state index contributed by atoms with van der Waals surface area (Å²) in [7, 11) is 1.87. The lowest BCUT2D eigenvalue weighted by Gasteiger charge is -2.17. The van der Waals surface area contributed by atoms with Crippen molar-refractivity contribution >= 4 is 11.6 Å². The van der Waals surface area contributed by atoms with Gasteiger partial charge in [-0.25, -0.2) is 0 Å². The molecule has 0 bridgehead atoms.